The third-order valence-corrected chi connectivity index (χ3v) is 5.33. The van der Waals surface area contributed by atoms with Gasteiger partial charge in [0, 0.05) is 30.6 Å². The van der Waals surface area contributed by atoms with E-state index >= 15 is 0 Å². The highest BCUT2D eigenvalue weighted by atomic mass is 16.5. The van der Waals surface area contributed by atoms with E-state index in [9.17, 15) is 4.79 Å². The van der Waals surface area contributed by atoms with Gasteiger partial charge >= 0.3 is 0 Å². The molecule has 0 spiro atoms. The molecule has 1 amide bonds. The van der Waals surface area contributed by atoms with Crippen LogP contribution in [-0.2, 0) is 12.8 Å². The van der Waals surface area contributed by atoms with Crippen molar-refractivity contribution in [2.75, 3.05) is 20.2 Å². The fraction of sp³-hybridized carbons (Fsp3) is 0.474. The maximum atomic E-state index is 12.9. The molecule has 2 heterocycles. The number of aromatic nitrogens is 1. The quantitative estimate of drug-likeness (QED) is 0.925. The van der Waals surface area contributed by atoms with Crippen molar-refractivity contribution in [2.24, 2.45) is 5.73 Å². The normalized spacial score (nSPS) is 22.7. The second-order valence-corrected chi connectivity index (χ2v) is 6.90. The topological polar surface area (TPSA) is 81.6 Å². The van der Waals surface area contributed by atoms with E-state index in [1.165, 1.54) is 0 Å². The van der Waals surface area contributed by atoms with E-state index in [1.807, 2.05) is 24.3 Å². The highest BCUT2D eigenvalue weighted by molar-refractivity contribution is 5.93. The van der Waals surface area contributed by atoms with Gasteiger partial charge in [0.15, 0.2) is 0 Å². The van der Waals surface area contributed by atoms with Crippen molar-refractivity contribution in [3.63, 3.8) is 0 Å². The van der Waals surface area contributed by atoms with Gasteiger partial charge < -0.3 is 19.9 Å². The third kappa shape index (κ3) is 2.91. The number of amides is 1. The van der Waals surface area contributed by atoms with Crippen molar-refractivity contribution in [1.29, 1.82) is 0 Å². The number of hydrogen-bond acceptors (Lipinski definition) is 5. The number of carbonyl (C=O) groups is 1. The minimum Gasteiger partial charge on any atom is -0.497 e. The van der Waals surface area contributed by atoms with Gasteiger partial charge in [-0.3, -0.25) is 4.79 Å². The maximum Gasteiger partial charge on any atom is 0.292 e. The van der Waals surface area contributed by atoms with Gasteiger partial charge in [0.1, 0.15) is 5.75 Å². The van der Waals surface area contributed by atoms with Crippen LogP contribution in [0.1, 0.15) is 46.1 Å². The monoisotopic (exact) mass is 341 g/mol. The van der Waals surface area contributed by atoms with E-state index in [1.54, 1.807) is 12.0 Å². The minimum absolute atomic E-state index is 0.0866. The first kappa shape index (κ1) is 16.1. The second-order valence-electron chi connectivity index (χ2n) is 6.90. The Hall–Kier alpha value is -2.34. The lowest BCUT2D eigenvalue weighted by atomic mass is 9.95. The van der Waals surface area contributed by atoms with Gasteiger partial charge in [-0.2, -0.15) is 0 Å². The molecular formula is C19H23N3O3. The van der Waals surface area contributed by atoms with Crippen LogP contribution >= 0.6 is 0 Å². The zero-order chi connectivity index (χ0) is 17.4. The average Bonchev–Trinajstić information content (AvgIpc) is 3.25. The Morgan fingerprint density at radius 3 is 3.00 bits per heavy atom. The molecule has 0 bridgehead atoms. The van der Waals surface area contributed by atoms with Gasteiger partial charge in [-0.1, -0.05) is 17.3 Å². The first-order chi connectivity index (χ1) is 12.2. The maximum absolute atomic E-state index is 12.9. The molecule has 1 aromatic heterocycles. The molecule has 2 N–H and O–H groups in total. The summed E-state index contributed by atoms with van der Waals surface area (Å²) < 4.78 is 10.7. The lowest BCUT2D eigenvalue weighted by Gasteiger charge is -2.17. The van der Waals surface area contributed by atoms with Crippen molar-refractivity contribution in [1.82, 2.24) is 10.1 Å². The van der Waals surface area contributed by atoms with Gasteiger partial charge in [0.05, 0.1) is 12.8 Å². The number of likely N-dealkylation sites (tertiary alicyclic amines) is 1. The lowest BCUT2D eigenvalue weighted by molar-refractivity contribution is 0.0746. The number of aryl methyl sites for hydroxylation is 1. The molecule has 1 aromatic carbocycles. The highest BCUT2D eigenvalue weighted by Gasteiger charge is 2.37. The number of methoxy groups -OCH3 is 1. The summed E-state index contributed by atoms with van der Waals surface area (Å²) in [5, 5.41) is 4.10. The minimum atomic E-state index is -0.102. The summed E-state index contributed by atoms with van der Waals surface area (Å²) in [6, 6.07) is 7.80. The molecule has 1 saturated heterocycles. The molecule has 6 nitrogen and oxygen atoms in total. The predicted octanol–water partition coefficient (Wildman–Crippen LogP) is 2.13. The van der Waals surface area contributed by atoms with Crippen molar-refractivity contribution in [3.8, 4) is 5.75 Å². The average molecular weight is 341 g/mol. The summed E-state index contributed by atoms with van der Waals surface area (Å²) in [4.78, 5) is 14.7. The number of fused-ring (bicyclic) bond motifs is 1. The van der Waals surface area contributed by atoms with E-state index < -0.39 is 0 Å². The fourth-order valence-electron chi connectivity index (χ4n) is 3.92. The number of nitrogens with zero attached hydrogens (tertiary/aromatic N) is 2. The number of benzene rings is 1. The molecule has 1 aliphatic heterocycles. The Morgan fingerprint density at radius 1 is 1.32 bits per heavy atom. The largest absolute Gasteiger partial charge is 0.497 e. The second kappa shape index (κ2) is 6.52. The van der Waals surface area contributed by atoms with E-state index in [-0.39, 0.29) is 17.9 Å². The smallest absolute Gasteiger partial charge is 0.292 e. The molecule has 4 rings (SSSR count). The molecule has 0 saturated carbocycles. The standard InChI is InChI=1S/C19H23N3O3/c1-24-13-6-4-5-12(9-13)15-10-22(11-16(15)20)19(23)18-14-7-2-3-8-17(14)21-25-18/h4-6,9,15-16H,2-3,7-8,10-11,20H2,1H3/t15-,16+/m1/s1. The molecule has 0 radical (unpaired) electrons. The molecule has 25 heavy (non-hydrogen) atoms. The van der Waals surface area contributed by atoms with E-state index in [0.29, 0.717) is 18.8 Å². The van der Waals surface area contributed by atoms with Crippen LogP contribution in [0.2, 0.25) is 0 Å². The zero-order valence-corrected chi connectivity index (χ0v) is 14.4. The summed E-state index contributed by atoms with van der Waals surface area (Å²) in [5.41, 5.74) is 9.38. The van der Waals surface area contributed by atoms with Crippen LogP contribution in [0.4, 0.5) is 0 Å². The summed E-state index contributed by atoms with van der Waals surface area (Å²) in [5.74, 6) is 1.22. The van der Waals surface area contributed by atoms with Crippen LogP contribution in [0.15, 0.2) is 28.8 Å². The Balaban J connectivity index is 1.54. The summed E-state index contributed by atoms with van der Waals surface area (Å²) in [7, 11) is 1.65. The van der Waals surface area contributed by atoms with Gasteiger partial charge in [0.2, 0.25) is 5.76 Å². The summed E-state index contributed by atoms with van der Waals surface area (Å²) >= 11 is 0. The first-order valence-electron chi connectivity index (χ1n) is 8.83. The first-order valence-corrected chi connectivity index (χ1v) is 8.83. The summed E-state index contributed by atoms with van der Waals surface area (Å²) in [6.07, 6.45) is 3.97. The molecule has 1 aliphatic carbocycles. The van der Waals surface area contributed by atoms with E-state index in [2.05, 4.69) is 5.16 Å². The van der Waals surface area contributed by atoms with Crippen LogP contribution in [0, 0.1) is 0 Å². The number of hydrogen-bond donors (Lipinski definition) is 1. The SMILES string of the molecule is COc1cccc([C@H]2CN(C(=O)c3onc4c3CCCC4)C[C@@H]2N)c1. The lowest BCUT2D eigenvalue weighted by Crippen LogP contribution is -2.32. The van der Waals surface area contributed by atoms with Crippen LogP contribution in [0.25, 0.3) is 0 Å². The van der Waals surface area contributed by atoms with Gasteiger partial charge in [-0.25, -0.2) is 0 Å². The highest BCUT2D eigenvalue weighted by Crippen LogP contribution is 2.31. The summed E-state index contributed by atoms with van der Waals surface area (Å²) in [6.45, 7) is 1.11. The number of nitrogens with two attached hydrogens (primary N) is 1. The fourth-order valence-corrected chi connectivity index (χ4v) is 3.92. The Kier molecular flexibility index (Phi) is 4.21. The molecule has 1 fully saturated rings. The Bertz CT molecular complexity index is 786. The molecular weight excluding hydrogens is 318 g/mol. The molecule has 132 valence electrons. The molecule has 2 aliphatic rings. The van der Waals surface area contributed by atoms with Gasteiger partial charge in [0.25, 0.3) is 5.91 Å². The van der Waals surface area contributed by atoms with Gasteiger partial charge in [-0.15, -0.1) is 0 Å². The van der Waals surface area contributed by atoms with Crippen molar-refractivity contribution in [2.45, 2.75) is 37.6 Å². The van der Waals surface area contributed by atoms with Gasteiger partial charge in [-0.05, 0) is 43.4 Å². The van der Waals surface area contributed by atoms with E-state index in [0.717, 1.165) is 48.3 Å². The Labute approximate surface area is 146 Å². The molecule has 6 heteroatoms. The Morgan fingerprint density at radius 2 is 2.16 bits per heavy atom. The predicted molar refractivity (Wildman–Crippen MR) is 92.8 cm³/mol. The number of carbonyl (C=O) groups excluding carboxylic acids is 1. The van der Waals surface area contributed by atoms with Crippen LogP contribution < -0.4 is 10.5 Å². The van der Waals surface area contributed by atoms with Crippen molar-refractivity contribution < 1.29 is 14.1 Å². The van der Waals surface area contributed by atoms with Crippen molar-refractivity contribution in [3.05, 3.63) is 46.8 Å². The molecule has 0 unspecified atom stereocenters. The van der Waals surface area contributed by atoms with Crippen molar-refractivity contribution >= 4 is 5.91 Å². The molecule has 2 aromatic rings. The van der Waals surface area contributed by atoms with Crippen LogP contribution in [0.3, 0.4) is 0 Å². The zero-order valence-electron chi connectivity index (χ0n) is 14.4. The van der Waals surface area contributed by atoms with E-state index in [4.69, 9.17) is 15.0 Å². The number of ether oxygens (including phenoxy) is 1. The number of rotatable bonds is 3. The van der Waals surface area contributed by atoms with Crippen LogP contribution in [0.5, 0.6) is 5.75 Å². The van der Waals surface area contributed by atoms with Crippen LogP contribution in [-0.4, -0.2) is 42.2 Å². The molecule has 2 atom stereocenters. The third-order valence-electron chi connectivity index (χ3n) is 5.33.